The predicted molar refractivity (Wildman–Crippen MR) is 95.4 cm³/mol. The van der Waals surface area contributed by atoms with Crippen LogP contribution in [-0.4, -0.2) is 30.7 Å². The van der Waals surface area contributed by atoms with E-state index < -0.39 is 0 Å². The molecule has 0 aliphatic rings. The molecule has 0 saturated heterocycles. The number of allylic oxidation sites excluding steroid dienone is 1. The molecule has 0 aliphatic heterocycles. The van der Waals surface area contributed by atoms with Crippen LogP contribution in [-0.2, 0) is 6.54 Å². The smallest absolute Gasteiger partial charge is 0.190 e. The van der Waals surface area contributed by atoms with Gasteiger partial charge in [0.2, 0.25) is 0 Å². The third-order valence-corrected chi connectivity index (χ3v) is 3.61. The molecular weight excluding hydrogens is 272 g/mol. The number of hydrogen-bond acceptors (Lipinski definition) is 1. The fourth-order valence-corrected chi connectivity index (χ4v) is 2.45. The highest BCUT2D eigenvalue weighted by atomic mass is 15.2. The maximum absolute atomic E-state index is 4.23. The Morgan fingerprint density at radius 2 is 2.00 bits per heavy atom. The third-order valence-electron chi connectivity index (χ3n) is 3.61. The lowest BCUT2D eigenvalue weighted by molar-refractivity contribution is 0.641. The van der Waals surface area contributed by atoms with Gasteiger partial charge in [-0.15, -0.1) is 0 Å². The Hall–Kier alpha value is -2.23. The van der Waals surface area contributed by atoms with Gasteiger partial charge in [0.1, 0.15) is 0 Å². The number of aryl methyl sites for hydroxylation is 1. The molecule has 0 aliphatic carbocycles. The fourth-order valence-electron chi connectivity index (χ4n) is 2.45. The number of guanidine groups is 1. The standard InChI is InChI=1S/C18H26N4/c1-3-4-7-12-20-18(19-2)21-13-8-14-22-15-11-16-9-5-6-10-17(16)22/h3-6,9-11,15H,7-8,12-14H2,1-2H3,(H2,19,20,21)/b4-3+. The lowest BCUT2D eigenvalue weighted by Gasteiger charge is -2.11. The van der Waals surface area contributed by atoms with Crippen molar-refractivity contribution in [3.05, 3.63) is 48.7 Å². The molecular formula is C18H26N4. The van der Waals surface area contributed by atoms with Crippen molar-refractivity contribution in [2.24, 2.45) is 4.99 Å². The summed E-state index contributed by atoms with van der Waals surface area (Å²) in [5.74, 6) is 0.877. The largest absolute Gasteiger partial charge is 0.356 e. The number of nitrogens with zero attached hydrogens (tertiary/aromatic N) is 2. The van der Waals surface area contributed by atoms with Crippen LogP contribution >= 0.6 is 0 Å². The van der Waals surface area contributed by atoms with Crippen molar-refractivity contribution in [2.45, 2.75) is 26.3 Å². The lowest BCUT2D eigenvalue weighted by Crippen LogP contribution is -2.38. The Morgan fingerprint density at radius 1 is 1.18 bits per heavy atom. The minimum atomic E-state index is 0.877. The second-order valence-electron chi connectivity index (χ2n) is 5.20. The molecule has 22 heavy (non-hydrogen) atoms. The zero-order valence-electron chi connectivity index (χ0n) is 13.5. The van der Waals surface area contributed by atoms with E-state index in [2.05, 4.69) is 68.9 Å². The molecule has 0 radical (unpaired) electrons. The molecule has 2 rings (SSSR count). The van der Waals surface area contributed by atoms with Crippen LogP contribution in [0.3, 0.4) is 0 Å². The zero-order valence-corrected chi connectivity index (χ0v) is 13.5. The van der Waals surface area contributed by atoms with E-state index in [0.29, 0.717) is 0 Å². The number of fused-ring (bicyclic) bond motifs is 1. The van der Waals surface area contributed by atoms with Crippen LogP contribution in [0.15, 0.2) is 53.7 Å². The van der Waals surface area contributed by atoms with Crippen LogP contribution in [0.4, 0.5) is 0 Å². The first-order valence-electron chi connectivity index (χ1n) is 7.94. The van der Waals surface area contributed by atoms with Crippen LogP contribution in [0.5, 0.6) is 0 Å². The van der Waals surface area contributed by atoms with E-state index in [1.807, 2.05) is 14.0 Å². The molecule has 2 N–H and O–H groups in total. The van der Waals surface area contributed by atoms with Gasteiger partial charge in [-0.2, -0.15) is 0 Å². The first-order chi connectivity index (χ1) is 10.8. The van der Waals surface area contributed by atoms with E-state index in [0.717, 1.165) is 38.4 Å². The fraction of sp³-hybridized carbons (Fsp3) is 0.389. The first kappa shape index (κ1) is 16.1. The summed E-state index contributed by atoms with van der Waals surface area (Å²) in [6.07, 6.45) is 8.46. The van der Waals surface area contributed by atoms with Crippen molar-refractivity contribution in [1.29, 1.82) is 0 Å². The van der Waals surface area contributed by atoms with Gasteiger partial charge < -0.3 is 15.2 Å². The Kier molecular flexibility index (Phi) is 6.55. The van der Waals surface area contributed by atoms with Gasteiger partial charge in [0.15, 0.2) is 5.96 Å². The molecule has 0 spiro atoms. The molecule has 1 aromatic carbocycles. The van der Waals surface area contributed by atoms with Crippen molar-refractivity contribution in [2.75, 3.05) is 20.1 Å². The molecule has 118 valence electrons. The lowest BCUT2D eigenvalue weighted by atomic mass is 10.2. The highest BCUT2D eigenvalue weighted by Crippen LogP contribution is 2.15. The topological polar surface area (TPSA) is 41.4 Å². The van der Waals surface area contributed by atoms with Crippen LogP contribution in [0.2, 0.25) is 0 Å². The quantitative estimate of drug-likeness (QED) is 0.357. The summed E-state index contributed by atoms with van der Waals surface area (Å²) >= 11 is 0. The SMILES string of the molecule is C/C=C/CCNC(=NC)NCCCn1ccc2ccccc21. The van der Waals surface area contributed by atoms with E-state index >= 15 is 0 Å². The predicted octanol–water partition coefficient (Wildman–Crippen LogP) is 3.16. The highest BCUT2D eigenvalue weighted by Gasteiger charge is 2.00. The van der Waals surface area contributed by atoms with Gasteiger partial charge in [0, 0.05) is 38.4 Å². The summed E-state index contributed by atoms with van der Waals surface area (Å²) in [5, 5.41) is 7.97. The molecule has 0 unspecified atom stereocenters. The van der Waals surface area contributed by atoms with Crippen molar-refractivity contribution in [1.82, 2.24) is 15.2 Å². The van der Waals surface area contributed by atoms with Crippen molar-refractivity contribution in [3.8, 4) is 0 Å². The Bertz CT molecular complexity index is 625. The van der Waals surface area contributed by atoms with E-state index in [1.165, 1.54) is 10.9 Å². The summed E-state index contributed by atoms with van der Waals surface area (Å²) in [7, 11) is 1.81. The second-order valence-corrected chi connectivity index (χ2v) is 5.20. The molecule has 0 saturated carbocycles. The molecule has 0 fully saturated rings. The van der Waals surface area contributed by atoms with E-state index in [-0.39, 0.29) is 0 Å². The number of aliphatic imine (C=N–C) groups is 1. The minimum absolute atomic E-state index is 0.877. The first-order valence-corrected chi connectivity index (χ1v) is 7.94. The summed E-state index contributed by atoms with van der Waals surface area (Å²) < 4.78 is 2.30. The molecule has 4 heteroatoms. The summed E-state index contributed by atoms with van der Waals surface area (Å²) in [5.41, 5.74) is 1.30. The number of aromatic nitrogens is 1. The number of para-hydroxylation sites is 1. The summed E-state index contributed by atoms with van der Waals surface area (Å²) in [6, 6.07) is 10.7. The number of hydrogen-bond donors (Lipinski definition) is 2. The highest BCUT2D eigenvalue weighted by molar-refractivity contribution is 5.80. The average Bonchev–Trinajstić information content (AvgIpc) is 2.97. The second kappa shape index (κ2) is 8.93. The Labute approximate surface area is 132 Å². The molecule has 2 aromatic rings. The maximum atomic E-state index is 4.23. The molecule has 0 bridgehead atoms. The summed E-state index contributed by atoms with van der Waals surface area (Å²) in [6.45, 7) is 4.87. The van der Waals surface area contributed by atoms with Gasteiger partial charge in [-0.25, -0.2) is 0 Å². The third kappa shape index (κ3) is 4.65. The van der Waals surface area contributed by atoms with Crippen LogP contribution < -0.4 is 10.6 Å². The number of rotatable bonds is 7. The van der Waals surface area contributed by atoms with Crippen LogP contribution in [0.25, 0.3) is 10.9 Å². The van der Waals surface area contributed by atoms with Gasteiger partial charge in [-0.05, 0) is 37.3 Å². The minimum Gasteiger partial charge on any atom is -0.356 e. The van der Waals surface area contributed by atoms with Crippen LogP contribution in [0, 0.1) is 0 Å². The average molecular weight is 298 g/mol. The van der Waals surface area contributed by atoms with E-state index in [1.54, 1.807) is 0 Å². The van der Waals surface area contributed by atoms with Crippen molar-refractivity contribution >= 4 is 16.9 Å². The van der Waals surface area contributed by atoms with Crippen LogP contribution in [0.1, 0.15) is 19.8 Å². The van der Waals surface area contributed by atoms with Crippen molar-refractivity contribution < 1.29 is 0 Å². The Morgan fingerprint density at radius 3 is 2.82 bits per heavy atom. The van der Waals surface area contributed by atoms with Crippen molar-refractivity contribution in [3.63, 3.8) is 0 Å². The maximum Gasteiger partial charge on any atom is 0.190 e. The molecule has 4 nitrogen and oxygen atoms in total. The Balaban J connectivity index is 1.72. The normalized spacial score (nSPS) is 12.2. The molecule has 0 atom stereocenters. The van der Waals surface area contributed by atoms with E-state index in [9.17, 15) is 0 Å². The monoisotopic (exact) mass is 298 g/mol. The number of nitrogens with one attached hydrogen (secondary N) is 2. The van der Waals surface area contributed by atoms with Gasteiger partial charge in [-0.1, -0.05) is 30.4 Å². The molecule has 0 amide bonds. The zero-order chi connectivity index (χ0) is 15.6. The van der Waals surface area contributed by atoms with Gasteiger partial charge in [-0.3, -0.25) is 4.99 Å². The summed E-state index contributed by atoms with van der Waals surface area (Å²) in [4.78, 5) is 4.23. The van der Waals surface area contributed by atoms with Gasteiger partial charge in [0.25, 0.3) is 0 Å². The molecule has 1 aromatic heterocycles. The number of benzene rings is 1. The van der Waals surface area contributed by atoms with Gasteiger partial charge in [0.05, 0.1) is 0 Å². The molecule has 1 heterocycles. The van der Waals surface area contributed by atoms with E-state index in [4.69, 9.17) is 0 Å². The van der Waals surface area contributed by atoms with Gasteiger partial charge >= 0.3 is 0 Å².